The lowest BCUT2D eigenvalue weighted by atomic mass is 10.0. The van der Waals surface area contributed by atoms with Crippen LogP contribution in [0, 0.1) is 0 Å². The zero-order valence-electron chi connectivity index (χ0n) is 20.4. The highest BCUT2D eigenvalue weighted by atomic mass is 19.4. The number of aromatic nitrogens is 1. The van der Waals surface area contributed by atoms with E-state index in [1.807, 2.05) is 28.8 Å². The quantitative estimate of drug-likeness (QED) is 0.296. The molecule has 0 spiro atoms. The Hall–Kier alpha value is -4.53. The Labute approximate surface area is 216 Å². The second kappa shape index (κ2) is 10.1. The predicted molar refractivity (Wildman–Crippen MR) is 140 cm³/mol. The Morgan fingerprint density at radius 3 is 2.71 bits per heavy atom. The van der Waals surface area contributed by atoms with Gasteiger partial charge in [-0.1, -0.05) is 18.2 Å². The van der Waals surface area contributed by atoms with E-state index in [2.05, 4.69) is 10.6 Å². The third kappa shape index (κ3) is 5.41. The third-order valence-corrected chi connectivity index (χ3v) is 6.41. The molecular weight excluding hydrogens is 495 g/mol. The van der Waals surface area contributed by atoms with Crippen molar-refractivity contribution in [2.45, 2.75) is 25.6 Å². The molecule has 3 aromatic carbocycles. The minimum Gasteiger partial charge on any atom is -0.497 e. The maximum absolute atomic E-state index is 13.3. The molecule has 0 bridgehead atoms. The number of nitrogens with zero attached hydrogens (tertiary/aromatic N) is 1. The van der Waals surface area contributed by atoms with E-state index < -0.39 is 11.7 Å². The number of ether oxygens (including phenoxy) is 1. The smallest absolute Gasteiger partial charge is 0.416 e. The van der Waals surface area contributed by atoms with Crippen molar-refractivity contribution < 1.29 is 27.5 Å². The van der Waals surface area contributed by atoms with Crippen molar-refractivity contribution in [2.24, 2.45) is 0 Å². The number of anilines is 2. The Morgan fingerprint density at radius 1 is 1.08 bits per heavy atom. The van der Waals surface area contributed by atoms with E-state index in [0.29, 0.717) is 41.2 Å². The minimum atomic E-state index is -4.44. The van der Waals surface area contributed by atoms with Crippen molar-refractivity contribution >= 4 is 40.2 Å². The van der Waals surface area contributed by atoms with Crippen molar-refractivity contribution in [3.05, 3.63) is 95.2 Å². The summed E-state index contributed by atoms with van der Waals surface area (Å²) in [4.78, 5) is 24.4. The molecule has 0 saturated carbocycles. The molecule has 4 aromatic rings. The fourth-order valence-electron chi connectivity index (χ4n) is 4.53. The summed E-state index contributed by atoms with van der Waals surface area (Å²) in [6, 6.07) is 17.9. The van der Waals surface area contributed by atoms with Crippen molar-refractivity contribution in [1.29, 1.82) is 0 Å². The lowest BCUT2D eigenvalue weighted by Gasteiger charge is -2.17. The molecule has 38 heavy (non-hydrogen) atoms. The SMILES string of the molecule is COc1ccc2c(c1)cc(/C=C/C(=O)Nc1ccc3c(c1)NC(=O)CC3)n2Cc1cccc(C(F)(F)F)c1. The van der Waals surface area contributed by atoms with E-state index >= 15 is 0 Å². The summed E-state index contributed by atoms with van der Waals surface area (Å²) in [5, 5.41) is 6.42. The summed E-state index contributed by atoms with van der Waals surface area (Å²) in [5.74, 6) is 0.188. The van der Waals surface area contributed by atoms with E-state index in [-0.39, 0.29) is 18.4 Å². The Bertz CT molecular complexity index is 1570. The Kier molecular flexibility index (Phi) is 6.67. The van der Waals surface area contributed by atoms with Gasteiger partial charge in [-0.2, -0.15) is 13.2 Å². The fourth-order valence-corrected chi connectivity index (χ4v) is 4.53. The molecule has 0 radical (unpaired) electrons. The Balaban J connectivity index is 1.42. The maximum Gasteiger partial charge on any atom is 0.416 e. The van der Waals surface area contributed by atoms with Gasteiger partial charge < -0.3 is 19.9 Å². The second-order valence-corrected chi connectivity index (χ2v) is 9.02. The van der Waals surface area contributed by atoms with Gasteiger partial charge in [-0.25, -0.2) is 0 Å². The first-order valence-corrected chi connectivity index (χ1v) is 11.9. The van der Waals surface area contributed by atoms with E-state index in [0.717, 1.165) is 28.6 Å². The maximum atomic E-state index is 13.3. The number of hydrogen-bond donors (Lipinski definition) is 2. The van der Waals surface area contributed by atoms with Gasteiger partial charge in [0.05, 0.1) is 12.7 Å². The molecule has 2 amide bonds. The Morgan fingerprint density at radius 2 is 1.92 bits per heavy atom. The fraction of sp³-hybridized carbons (Fsp3) is 0.172. The second-order valence-electron chi connectivity index (χ2n) is 9.02. The number of hydrogen-bond acceptors (Lipinski definition) is 3. The van der Waals surface area contributed by atoms with Crippen LogP contribution in [0.25, 0.3) is 17.0 Å². The van der Waals surface area contributed by atoms with Crippen molar-refractivity contribution in [1.82, 2.24) is 4.57 Å². The standard InChI is InChI=1S/C29H24F3N3O3/c1-38-24-9-10-26-20(15-24)14-23(35(26)17-18-3-2-4-21(13-18)29(30,31)32)8-12-27(36)33-22-7-5-19-6-11-28(37)34-25(19)16-22/h2-5,7-10,12-16H,6,11,17H2,1H3,(H,33,36)(H,34,37)/b12-8+. The lowest BCUT2D eigenvalue weighted by molar-refractivity contribution is -0.137. The normalized spacial score (nSPS) is 13.4. The summed E-state index contributed by atoms with van der Waals surface area (Å²) in [7, 11) is 1.55. The average Bonchev–Trinajstić information content (AvgIpc) is 3.23. The number of amides is 2. The minimum absolute atomic E-state index is 0.0638. The average molecular weight is 520 g/mol. The zero-order valence-corrected chi connectivity index (χ0v) is 20.4. The van der Waals surface area contributed by atoms with Crippen LogP contribution in [0.3, 0.4) is 0 Å². The summed E-state index contributed by atoms with van der Waals surface area (Å²) < 4.78 is 47.0. The molecule has 0 atom stereocenters. The van der Waals surface area contributed by atoms with Crippen LogP contribution in [0.2, 0.25) is 0 Å². The highest BCUT2D eigenvalue weighted by Crippen LogP contribution is 2.31. The molecule has 2 N–H and O–H groups in total. The van der Waals surface area contributed by atoms with Gasteiger partial charge in [0.2, 0.25) is 11.8 Å². The van der Waals surface area contributed by atoms with Gasteiger partial charge in [-0.3, -0.25) is 9.59 Å². The zero-order chi connectivity index (χ0) is 26.9. The molecule has 9 heteroatoms. The number of nitrogens with one attached hydrogen (secondary N) is 2. The molecular formula is C29H24F3N3O3. The van der Waals surface area contributed by atoms with Gasteiger partial charge in [0, 0.05) is 47.0 Å². The van der Waals surface area contributed by atoms with Crippen LogP contribution in [-0.2, 0) is 28.7 Å². The topological polar surface area (TPSA) is 72.4 Å². The van der Waals surface area contributed by atoms with Gasteiger partial charge in [-0.15, -0.1) is 0 Å². The molecule has 6 nitrogen and oxygen atoms in total. The van der Waals surface area contributed by atoms with Gasteiger partial charge in [0.1, 0.15) is 5.75 Å². The van der Waals surface area contributed by atoms with Crippen LogP contribution < -0.4 is 15.4 Å². The van der Waals surface area contributed by atoms with Gasteiger partial charge in [-0.05, 0) is 72.2 Å². The highest BCUT2D eigenvalue weighted by Gasteiger charge is 2.30. The molecule has 0 unspecified atom stereocenters. The number of halogens is 3. The highest BCUT2D eigenvalue weighted by molar-refractivity contribution is 6.03. The van der Waals surface area contributed by atoms with Crippen molar-refractivity contribution in [3.63, 3.8) is 0 Å². The first-order chi connectivity index (χ1) is 18.2. The lowest BCUT2D eigenvalue weighted by Crippen LogP contribution is -2.19. The molecule has 194 valence electrons. The molecule has 1 aromatic heterocycles. The number of benzene rings is 3. The summed E-state index contributed by atoms with van der Waals surface area (Å²) in [5.41, 5.74) is 3.40. The van der Waals surface area contributed by atoms with Crippen LogP contribution in [0.1, 0.15) is 28.8 Å². The van der Waals surface area contributed by atoms with Gasteiger partial charge in [0.25, 0.3) is 0 Å². The molecule has 5 rings (SSSR count). The van der Waals surface area contributed by atoms with Gasteiger partial charge in [0.15, 0.2) is 0 Å². The van der Waals surface area contributed by atoms with E-state index in [4.69, 9.17) is 4.74 Å². The largest absolute Gasteiger partial charge is 0.497 e. The van der Waals surface area contributed by atoms with Crippen LogP contribution >= 0.6 is 0 Å². The number of aryl methyl sites for hydroxylation is 1. The monoisotopic (exact) mass is 519 g/mol. The summed E-state index contributed by atoms with van der Waals surface area (Å²) in [6.07, 6.45) is -0.373. The predicted octanol–water partition coefficient (Wildman–Crippen LogP) is 6.25. The van der Waals surface area contributed by atoms with E-state index in [9.17, 15) is 22.8 Å². The van der Waals surface area contributed by atoms with E-state index in [1.54, 1.807) is 37.5 Å². The number of rotatable bonds is 6. The first-order valence-electron chi connectivity index (χ1n) is 11.9. The number of carbonyl (C=O) groups is 2. The van der Waals surface area contributed by atoms with Crippen LogP contribution in [-0.4, -0.2) is 23.5 Å². The molecule has 1 aliphatic rings. The third-order valence-electron chi connectivity index (χ3n) is 6.41. The van der Waals surface area contributed by atoms with Crippen LogP contribution in [0.4, 0.5) is 24.5 Å². The summed E-state index contributed by atoms with van der Waals surface area (Å²) >= 11 is 0. The number of carbonyl (C=O) groups excluding carboxylic acids is 2. The number of fused-ring (bicyclic) bond motifs is 2. The van der Waals surface area contributed by atoms with Crippen molar-refractivity contribution in [3.8, 4) is 5.75 Å². The number of methoxy groups -OCH3 is 1. The number of alkyl halides is 3. The molecule has 0 saturated heterocycles. The van der Waals surface area contributed by atoms with E-state index in [1.165, 1.54) is 12.1 Å². The first kappa shape index (κ1) is 25.1. The van der Waals surface area contributed by atoms with Gasteiger partial charge >= 0.3 is 6.18 Å². The molecule has 1 aliphatic heterocycles. The van der Waals surface area contributed by atoms with Crippen LogP contribution in [0.15, 0.2) is 72.8 Å². The van der Waals surface area contributed by atoms with Crippen molar-refractivity contribution in [2.75, 3.05) is 17.7 Å². The molecule has 0 aliphatic carbocycles. The van der Waals surface area contributed by atoms with Crippen LogP contribution in [0.5, 0.6) is 5.75 Å². The molecule has 0 fully saturated rings. The molecule has 2 heterocycles. The summed E-state index contributed by atoms with van der Waals surface area (Å²) in [6.45, 7) is 0.172.